The Kier molecular flexibility index (Phi) is 3.32. The molecule has 0 spiro atoms. The standard InChI is InChI=1S/C15H9Cl2FN2/c1-8-5-6-9(7-11(8)16)15-19-13-10(14(17)20-15)3-2-4-12(13)18/h2-7H,1H3. The van der Waals surface area contributed by atoms with Crippen LogP contribution in [0.2, 0.25) is 10.2 Å². The summed E-state index contributed by atoms with van der Waals surface area (Å²) in [5.74, 6) is -0.0687. The van der Waals surface area contributed by atoms with Gasteiger partial charge in [-0.3, -0.25) is 0 Å². The van der Waals surface area contributed by atoms with E-state index in [0.29, 0.717) is 21.8 Å². The number of hydrogen-bond acceptors (Lipinski definition) is 2. The van der Waals surface area contributed by atoms with Crippen LogP contribution in [0.5, 0.6) is 0 Å². The van der Waals surface area contributed by atoms with Crippen molar-refractivity contribution >= 4 is 34.1 Å². The summed E-state index contributed by atoms with van der Waals surface area (Å²) in [6.07, 6.45) is 0. The molecule has 2 nitrogen and oxygen atoms in total. The maximum absolute atomic E-state index is 13.8. The van der Waals surface area contributed by atoms with Crippen molar-refractivity contribution in [3.63, 3.8) is 0 Å². The third kappa shape index (κ3) is 2.23. The highest BCUT2D eigenvalue weighted by atomic mass is 35.5. The molecule has 1 heterocycles. The lowest BCUT2D eigenvalue weighted by Gasteiger charge is -2.06. The van der Waals surface area contributed by atoms with Crippen molar-refractivity contribution in [1.29, 1.82) is 0 Å². The Morgan fingerprint density at radius 3 is 2.60 bits per heavy atom. The number of fused-ring (bicyclic) bond motifs is 1. The van der Waals surface area contributed by atoms with E-state index >= 15 is 0 Å². The topological polar surface area (TPSA) is 25.8 Å². The molecule has 0 aliphatic carbocycles. The summed E-state index contributed by atoms with van der Waals surface area (Å²) in [4.78, 5) is 8.46. The van der Waals surface area contributed by atoms with Crippen molar-refractivity contribution in [3.05, 3.63) is 58.0 Å². The fraction of sp³-hybridized carbons (Fsp3) is 0.0667. The van der Waals surface area contributed by atoms with Gasteiger partial charge in [0.25, 0.3) is 0 Å². The van der Waals surface area contributed by atoms with E-state index in [1.165, 1.54) is 6.07 Å². The van der Waals surface area contributed by atoms with Crippen molar-refractivity contribution in [2.24, 2.45) is 0 Å². The Morgan fingerprint density at radius 2 is 1.85 bits per heavy atom. The molecule has 0 amide bonds. The average molecular weight is 307 g/mol. The lowest BCUT2D eigenvalue weighted by atomic mass is 10.1. The number of rotatable bonds is 1. The average Bonchev–Trinajstić information content (AvgIpc) is 2.43. The Morgan fingerprint density at radius 1 is 1.05 bits per heavy atom. The minimum atomic E-state index is -0.425. The van der Waals surface area contributed by atoms with Gasteiger partial charge in [0, 0.05) is 16.0 Å². The molecular weight excluding hydrogens is 298 g/mol. The van der Waals surface area contributed by atoms with E-state index in [-0.39, 0.29) is 10.7 Å². The van der Waals surface area contributed by atoms with E-state index in [1.54, 1.807) is 18.2 Å². The van der Waals surface area contributed by atoms with Crippen molar-refractivity contribution < 1.29 is 4.39 Å². The molecule has 20 heavy (non-hydrogen) atoms. The van der Waals surface area contributed by atoms with Crippen molar-refractivity contribution in [2.75, 3.05) is 0 Å². The molecule has 0 fully saturated rings. The van der Waals surface area contributed by atoms with Gasteiger partial charge in [-0.2, -0.15) is 0 Å². The molecule has 0 radical (unpaired) electrons. The maximum atomic E-state index is 13.8. The second kappa shape index (κ2) is 5.00. The third-order valence-electron chi connectivity index (χ3n) is 3.06. The molecule has 0 saturated carbocycles. The zero-order valence-electron chi connectivity index (χ0n) is 10.5. The van der Waals surface area contributed by atoms with Crippen LogP contribution >= 0.6 is 23.2 Å². The number of para-hydroxylation sites is 1. The van der Waals surface area contributed by atoms with Crippen LogP contribution in [-0.2, 0) is 0 Å². The first-order valence-corrected chi connectivity index (χ1v) is 6.70. The highest BCUT2D eigenvalue weighted by Gasteiger charge is 2.11. The minimum absolute atomic E-state index is 0.208. The molecule has 0 unspecified atom stereocenters. The largest absolute Gasteiger partial charge is 0.225 e. The Bertz CT molecular complexity index is 818. The first-order valence-electron chi connectivity index (χ1n) is 5.94. The number of hydrogen-bond donors (Lipinski definition) is 0. The fourth-order valence-corrected chi connectivity index (χ4v) is 2.35. The van der Waals surface area contributed by atoms with Gasteiger partial charge in [0.15, 0.2) is 5.82 Å². The minimum Gasteiger partial charge on any atom is -0.225 e. The highest BCUT2D eigenvalue weighted by Crippen LogP contribution is 2.28. The molecule has 0 bridgehead atoms. The number of aryl methyl sites for hydroxylation is 1. The SMILES string of the molecule is Cc1ccc(-c2nc(Cl)c3cccc(F)c3n2)cc1Cl. The predicted molar refractivity (Wildman–Crippen MR) is 79.7 cm³/mol. The summed E-state index contributed by atoms with van der Waals surface area (Å²) in [6.45, 7) is 1.90. The molecule has 0 saturated heterocycles. The van der Waals surface area contributed by atoms with Crippen LogP contribution in [0.1, 0.15) is 5.56 Å². The summed E-state index contributed by atoms with van der Waals surface area (Å²) in [7, 11) is 0. The molecule has 2 aromatic carbocycles. The van der Waals surface area contributed by atoms with Gasteiger partial charge in [-0.05, 0) is 30.7 Å². The summed E-state index contributed by atoms with van der Waals surface area (Å²) in [6, 6.07) is 10.1. The zero-order valence-corrected chi connectivity index (χ0v) is 12.0. The quantitative estimate of drug-likeness (QED) is 0.588. The van der Waals surface area contributed by atoms with Crippen LogP contribution in [0.4, 0.5) is 4.39 Å². The van der Waals surface area contributed by atoms with Gasteiger partial charge in [0.2, 0.25) is 0 Å². The van der Waals surface area contributed by atoms with Gasteiger partial charge in [-0.1, -0.05) is 41.4 Å². The molecular formula is C15H9Cl2FN2. The van der Waals surface area contributed by atoms with Crippen LogP contribution in [0.15, 0.2) is 36.4 Å². The maximum Gasteiger partial charge on any atom is 0.161 e. The summed E-state index contributed by atoms with van der Waals surface area (Å²) < 4.78 is 13.8. The van der Waals surface area contributed by atoms with Gasteiger partial charge < -0.3 is 0 Å². The smallest absolute Gasteiger partial charge is 0.161 e. The first kappa shape index (κ1) is 13.3. The number of halogens is 3. The number of benzene rings is 2. The Balaban J connectivity index is 2.26. The van der Waals surface area contributed by atoms with Crippen LogP contribution < -0.4 is 0 Å². The number of aromatic nitrogens is 2. The Labute approximate surface area is 125 Å². The predicted octanol–water partition coefficient (Wildman–Crippen LogP) is 5.05. The van der Waals surface area contributed by atoms with E-state index in [1.807, 2.05) is 19.1 Å². The van der Waals surface area contributed by atoms with Gasteiger partial charge >= 0.3 is 0 Å². The van der Waals surface area contributed by atoms with E-state index in [4.69, 9.17) is 23.2 Å². The van der Waals surface area contributed by atoms with E-state index < -0.39 is 5.82 Å². The van der Waals surface area contributed by atoms with Crippen LogP contribution in [-0.4, -0.2) is 9.97 Å². The first-order chi connectivity index (χ1) is 9.56. The van der Waals surface area contributed by atoms with Gasteiger partial charge in [-0.15, -0.1) is 0 Å². The molecule has 5 heteroatoms. The summed E-state index contributed by atoms with van der Waals surface area (Å²) in [5, 5.41) is 1.32. The van der Waals surface area contributed by atoms with Gasteiger partial charge in [0.05, 0.1) is 0 Å². The van der Waals surface area contributed by atoms with E-state index in [9.17, 15) is 4.39 Å². The van der Waals surface area contributed by atoms with Crippen LogP contribution in [0.25, 0.3) is 22.3 Å². The van der Waals surface area contributed by atoms with Crippen molar-refractivity contribution in [2.45, 2.75) is 6.92 Å². The van der Waals surface area contributed by atoms with Crippen LogP contribution in [0.3, 0.4) is 0 Å². The Hall–Kier alpha value is -1.71. The third-order valence-corrected chi connectivity index (χ3v) is 3.76. The van der Waals surface area contributed by atoms with Crippen molar-refractivity contribution in [3.8, 4) is 11.4 Å². The van der Waals surface area contributed by atoms with E-state index in [0.717, 1.165) is 5.56 Å². The molecule has 1 aromatic heterocycles. The molecule has 100 valence electrons. The summed E-state index contributed by atoms with van der Waals surface area (Å²) >= 11 is 12.2. The molecule has 3 rings (SSSR count). The van der Waals surface area contributed by atoms with E-state index in [2.05, 4.69) is 9.97 Å². The number of nitrogens with zero attached hydrogens (tertiary/aromatic N) is 2. The molecule has 0 aliphatic heterocycles. The fourth-order valence-electron chi connectivity index (χ4n) is 1.94. The summed E-state index contributed by atoms with van der Waals surface area (Å²) in [5.41, 5.74) is 1.86. The lowest BCUT2D eigenvalue weighted by molar-refractivity contribution is 0.636. The zero-order chi connectivity index (χ0) is 14.3. The van der Waals surface area contributed by atoms with Crippen molar-refractivity contribution in [1.82, 2.24) is 9.97 Å². The van der Waals surface area contributed by atoms with Gasteiger partial charge in [0.1, 0.15) is 16.5 Å². The normalized spacial score (nSPS) is 11.0. The van der Waals surface area contributed by atoms with Gasteiger partial charge in [-0.25, -0.2) is 14.4 Å². The van der Waals surface area contributed by atoms with Crippen LogP contribution in [0, 0.1) is 12.7 Å². The monoisotopic (exact) mass is 306 g/mol. The second-order valence-electron chi connectivity index (χ2n) is 4.44. The second-order valence-corrected chi connectivity index (χ2v) is 5.20. The molecule has 0 atom stereocenters. The lowest BCUT2D eigenvalue weighted by Crippen LogP contribution is -1.94. The molecule has 3 aromatic rings. The highest BCUT2D eigenvalue weighted by molar-refractivity contribution is 6.34. The molecule has 0 N–H and O–H groups in total. The molecule has 0 aliphatic rings.